The number of rotatable bonds is 2. The van der Waals surface area contributed by atoms with E-state index in [0.717, 1.165) is 11.3 Å². The topological polar surface area (TPSA) is 16.8 Å². The Labute approximate surface area is 163 Å². The molecule has 1 unspecified atom stereocenters. The highest BCUT2D eigenvalue weighted by Gasteiger charge is 2.32. The third-order valence-corrected chi connectivity index (χ3v) is 6.44. The Kier molecular flexibility index (Phi) is 4.33. The van der Waals surface area contributed by atoms with Crippen LogP contribution in [0.25, 0.3) is 22.3 Å². The number of aromatic nitrogens is 2. The third kappa shape index (κ3) is 3.38. The highest BCUT2D eigenvalue weighted by atomic mass is 15.0. The lowest BCUT2D eigenvalue weighted by Crippen LogP contribution is -2.32. The Morgan fingerprint density at radius 1 is 1.07 bits per heavy atom. The molecule has 0 N–H and O–H groups in total. The first-order valence-electron chi connectivity index (χ1n) is 10.1. The fraction of sp³-hybridized carbons (Fsp3) is 0.440. The molecule has 2 heteroatoms. The van der Waals surface area contributed by atoms with Gasteiger partial charge in [-0.15, -0.1) is 0 Å². The minimum Gasteiger partial charge on any atom is -0.232 e. The summed E-state index contributed by atoms with van der Waals surface area (Å²) in [6.45, 7) is 11.3. The second-order valence-electron chi connectivity index (χ2n) is 9.35. The summed E-state index contributed by atoms with van der Waals surface area (Å²) >= 11 is 0. The maximum Gasteiger partial charge on any atom is 0.331 e. The second-order valence-corrected chi connectivity index (χ2v) is 9.35. The van der Waals surface area contributed by atoms with Crippen molar-refractivity contribution in [2.24, 2.45) is 12.5 Å². The van der Waals surface area contributed by atoms with Gasteiger partial charge < -0.3 is 0 Å². The van der Waals surface area contributed by atoms with E-state index in [1.165, 1.54) is 52.5 Å². The van der Waals surface area contributed by atoms with Crippen molar-refractivity contribution in [2.45, 2.75) is 59.8 Å². The van der Waals surface area contributed by atoms with Gasteiger partial charge in [-0.25, -0.2) is 4.57 Å². The van der Waals surface area contributed by atoms with Crippen molar-refractivity contribution in [3.8, 4) is 11.4 Å². The Balaban J connectivity index is 1.83. The Hall–Kier alpha value is -2.22. The van der Waals surface area contributed by atoms with Crippen LogP contribution in [0.2, 0.25) is 0 Å². The summed E-state index contributed by atoms with van der Waals surface area (Å²) in [5.74, 6) is 1.72. The third-order valence-electron chi connectivity index (χ3n) is 6.44. The molecule has 0 saturated heterocycles. The number of aryl methyl sites for hydroxylation is 3. The van der Waals surface area contributed by atoms with E-state index in [0.29, 0.717) is 11.3 Å². The van der Waals surface area contributed by atoms with E-state index in [-0.39, 0.29) is 0 Å². The molecule has 1 aliphatic carbocycles. The number of hydrogen-bond acceptors (Lipinski definition) is 1. The predicted octanol–water partition coefficient (Wildman–Crippen LogP) is 5.95. The molecule has 140 valence electrons. The van der Waals surface area contributed by atoms with Gasteiger partial charge in [0.25, 0.3) is 0 Å². The van der Waals surface area contributed by atoms with Gasteiger partial charge in [-0.05, 0) is 96.8 Å². The molecule has 1 atom stereocenters. The minimum atomic E-state index is 0.470. The van der Waals surface area contributed by atoms with Gasteiger partial charge >= 0.3 is 5.82 Å². The Bertz CT molecular complexity index is 1030. The Morgan fingerprint density at radius 2 is 1.85 bits per heavy atom. The summed E-state index contributed by atoms with van der Waals surface area (Å²) in [4.78, 5) is 5.12. The molecule has 2 aromatic carbocycles. The van der Waals surface area contributed by atoms with E-state index in [1.807, 2.05) is 0 Å². The molecule has 0 aliphatic heterocycles. The van der Waals surface area contributed by atoms with Crippen molar-refractivity contribution in [3.63, 3.8) is 0 Å². The number of benzene rings is 2. The van der Waals surface area contributed by atoms with Crippen molar-refractivity contribution >= 4 is 10.9 Å². The zero-order chi connectivity index (χ0) is 19.3. The zero-order valence-electron chi connectivity index (χ0n) is 17.6. The minimum absolute atomic E-state index is 0.470. The largest absolute Gasteiger partial charge is 0.331 e. The SMILES string of the molecule is Cc1cc(C)c(C)c(-c2nc3cc(C4CCC(C)(C)C4)ccc3c[n+]2C)c1. The molecule has 0 bridgehead atoms. The van der Waals surface area contributed by atoms with Crippen molar-refractivity contribution in [3.05, 3.63) is 58.8 Å². The number of nitrogens with zero attached hydrogens (tertiary/aromatic N) is 2. The van der Waals surface area contributed by atoms with Crippen LogP contribution in [0.1, 0.15) is 61.3 Å². The molecule has 0 amide bonds. The molecular weight excluding hydrogens is 328 g/mol. The van der Waals surface area contributed by atoms with Crippen LogP contribution in [0.15, 0.2) is 36.5 Å². The van der Waals surface area contributed by atoms with Gasteiger partial charge in [0.15, 0.2) is 5.52 Å². The normalized spacial score (nSPS) is 19.0. The molecule has 1 saturated carbocycles. The lowest BCUT2D eigenvalue weighted by molar-refractivity contribution is -0.661. The van der Waals surface area contributed by atoms with Gasteiger partial charge in [0.05, 0.1) is 18.0 Å². The molecule has 0 spiro atoms. The quantitative estimate of drug-likeness (QED) is 0.517. The zero-order valence-corrected chi connectivity index (χ0v) is 17.6. The van der Waals surface area contributed by atoms with Gasteiger partial charge in [-0.3, -0.25) is 0 Å². The van der Waals surface area contributed by atoms with Crippen LogP contribution < -0.4 is 4.57 Å². The van der Waals surface area contributed by atoms with E-state index >= 15 is 0 Å². The average Bonchev–Trinajstić information content (AvgIpc) is 2.97. The van der Waals surface area contributed by atoms with E-state index < -0.39 is 0 Å². The number of fused-ring (bicyclic) bond motifs is 1. The molecule has 27 heavy (non-hydrogen) atoms. The molecule has 0 radical (unpaired) electrons. The fourth-order valence-corrected chi connectivity index (χ4v) is 4.73. The molecule has 2 nitrogen and oxygen atoms in total. The smallest absolute Gasteiger partial charge is 0.232 e. The van der Waals surface area contributed by atoms with Gasteiger partial charge in [-0.2, -0.15) is 0 Å². The first kappa shape index (κ1) is 18.2. The molecule has 1 aliphatic rings. The predicted molar refractivity (Wildman–Crippen MR) is 113 cm³/mol. The van der Waals surface area contributed by atoms with Crippen LogP contribution >= 0.6 is 0 Å². The summed E-state index contributed by atoms with van der Waals surface area (Å²) in [6, 6.07) is 11.4. The number of hydrogen-bond donors (Lipinski definition) is 0. The maximum absolute atomic E-state index is 5.12. The summed E-state index contributed by atoms with van der Waals surface area (Å²) in [5, 5.41) is 1.21. The van der Waals surface area contributed by atoms with Gasteiger partial charge in [0.1, 0.15) is 6.20 Å². The van der Waals surface area contributed by atoms with E-state index in [1.54, 1.807) is 0 Å². The average molecular weight is 360 g/mol. The van der Waals surface area contributed by atoms with Crippen LogP contribution in [0, 0.1) is 26.2 Å². The van der Waals surface area contributed by atoms with Crippen molar-refractivity contribution in [1.82, 2.24) is 4.98 Å². The van der Waals surface area contributed by atoms with E-state index in [2.05, 4.69) is 82.8 Å². The monoisotopic (exact) mass is 359 g/mol. The summed E-state index contributed by atoms with van der Waals surface area (Å²) < 4.78 is 2.17. The van der Waals surface area contributed by atoms with Gasteiger partial charge in [0.2, 0.25) is 0 Å². The van der Waals surface area contributed by atoms with Crippen LogP contribution in [-0.4, -0.2) is 4.98 Å². The molecule has 4 rings (SSSR count). The molecular formula is C25H31N2+. The van der Waals surface area contributed by atoms with Gasteiger partial charge in [-0.1, -0.05) is 26.0 Å². The van der Waals surface area contributed by atoms with Crippen molar-refractivity contribution in [1.29, 1.82) is 0 Å². The van der Waals surface area contributed by atoms with Crippen LogP contribution in [0.3, 0.4) is 0 Å². The Morgan fingerprint density at radius 3 is 2.56 bits per heavy atom. The highest BCUT2D eigenvalue weighted by molar-refractivity contribution is 5.79. The van der Waals surface area contributed by atoms with E-state index in [4.69, 9.17) is 4.98 Å². The van der Waals surface area contributed by atoms with E-state index in [9.17, 15) is 0 Å². The van der Waals surface area contributed by atoms with Gasteiger partial charge in [0, 0.05) is 0 Å². The first-order chi connectivity index (χ1) is 12.7. The second kappa shape index (κ2) is 6.44. The lowest BCUT2D eigenvalue weighted by atomic mass is 9.88. The lowest BCUT2D eigenvalue weighted by Gasteiger charge is -2.17. The molecule has 1 heterocycles. The van der Waals surface area contributed by atoms with Crippen LogP contribution in [0.4, 0.5) is 0 Å². The molecule has 3 aromatic rings. The molecule has 1 aromatic heterocycles. The maximum atomic E-state index is 5.12. The summed E-state index contributed by atoms with van der Waals surface area (Å²) in [6.07, 6.45) is 6.11. The van der Waals surface area contributed by atoms with Crippen LogP contribution in [0.5, 0.6) is 0 Å². The van der Waals surface area contributed by atoms with Crippen molar-refractivity contribution in [2.75, 3.05) is 0 Å². The standard InChI is InChI=1S/C25H31N2/c1-16-11-17(2)18(3)22(12-16)24-26-23-13-19(7-8-21(23)15-27(24)6)20-9-10-25(4,5)14-20/h7-8,11-13,15,20H,9-10,14H2,1-6H3/q+1. The van der Waals surface area contributed by atoms with Crippen LogP contribution in [-0.2, 0) is 7.05 Å². The van der Waals surface area contributed by atoms with Crippen molar-refractivity contribution < 1.29 is 4.57 Å². The fourth-order valence-electron chi connectivity index (χ4n) is 4.73. The molecule has 1 fully saturated rings. The first-order valence-corrected chi connectivity index (χ1v) is 10.1. The summed E-state index contributed by atoms with van der Waals surface area (Å²) in [7, 11) is 2.10. The summed E-state index contributed by atoms with van der Waals surface area (Å²) in [5.41, 5.74) is 8.21. The highest BCUT2D eigenvalue weighted by Crippen LogP contribution is 2.46.